The Bertz CT molecular complexity index is 4370. The standard InChI is InChI=1S/4C18H33P.C17H14.C15H10.C14H22O4.C12H18O4.4ClH.2Ru/c4*1-4-10-16(11-5-1)19(17-12-6-2-7-13-17)18-14-8-3-9-15-18;1-12-6-3-4-9-15(12)16-11-10-14-8-5-7-13(2)17(14)16;1-2-6-12(7-3-1)15-11-10-13-8-4-5-9-14(13)15;1-6-9-14(10-11(4)5,12(15)17-7-2)13(16)18-8-3;1-4-15-10(13)12(11(14)16-5-2)7-6-9(3)8-12;;;;;;/h4*16-18H,1-15H2;3-9,11H,1-2H3;1-9,11H;6H,1,4,7-10H2,2-3,5H3;6H,4-5,7-8H2,1-3H3;4*1H;;/q;;;;;;;;;;;;2*+2. The Morgan fingerprint density at radius 2 is 0.608 bits per heavy atom. The molecule has 0 spiro atoms. The second-order valence-electron chi connectivity index (χ2n) is 47.0. The molecular formula is C130H200Cl4O8P4Ru2+4. The third-order valence-electron chi connectivity index (χ3n) is 36.7. The van der Waals surface area contributed by atoms with Gasteiger partial charge < -0.3 is 18.9 Å². The Kier molecular flexibility index (Phi) is 56.6. The number of halogens is 4. The maximum atomic E-state index is 12.1. The van der Waals surface area contributed by atoms with Gasteiger partial charge in [-0.2, -0.15) is 0 Å². The molecule has 18 heteroatoms. The van der Waals surface area contributed by atoms with Crippen LogP contribution in [-0.4, -0.2) is 126 Å². The summed E-state index contributed by atoms with van der Waals surface area (Å²) in [5.41, 5.74) is 26.4. The predicted octanol–water partition coefficient (Wildman–Crippen LogP) is 39.0. The van der Waals surface area contributed by atoms with E-state index in [0.717, 1.165) is 19.4 Å². The molecule has 4 aromatic rings. The molecule has 8 nitrogen and oxygen atoms in total. The molecule has 0 atom stereocenters. The van der Waals surface area contributed by atoms with Crippen LogP contribution in [0.3, 0.4) is 0 Å². The minimum absolute atomic E-state index is 0.0465. The van der Waals surface area contributed by atoms with Gasteiger partial charge in [-0.1, -0.05) is 100 Å². The molecule has 15 aliphatic carbocycles. The van der Waals surface area contributed by atoms with Gasteiger partial charge in [0.05, 0.1) is 94.3 Å². The molecule has 15 aliphatic rings. The quantitative estimate of drug-likeness (QED) is 0.0153. The molecule has 828 valence electrons. The first kappa shape index (κ1) is 124. The SMILES string of the molecule is C1CCC([PH+](C2CCCCC2)C2CCCCC2)CC1.C1CCC([PH+](C2CCCCC2)C2CCCCC2)CC1.C1CCC([PH+](C2CCCCC2)C2CCCCC2)CC1.C1CCC([PH+](C2CCCCC2)C2CCCCC2)CC1.C=CCC(CC(=C)C)(C(=O)OCC)C(=O)OCC.CCOC(=O)C1(C(=O)OCC)CC=C(C)C1.Cc1ccccc1C1=C[C](=[Ru]([Cl])[Cl])c2cccc(C)c21.[Cl][Ru]([Cl])=[C]1C=C(c2ccccc2)c2ccccc21. The maximum absolute atomic E-state index is 12.1. The molecule has 0 heterocycles. The Morgan fingerprint density at radius 3 is 0.878 bits per heavy atom. The normalized spacial score (nSPS) is 21.7. The van der Waals surface area contributed by atoms with Crippen LogP contribution in [0.2, 0.25) is 0 Å². The number of carbonyl (C=O) groups excluding carboxylic acids is 4. The van der Waals surface area contributed by atoms with Crippen molar-refractivity contribution in [1.82, 2.24) is 0 Å². The van der Waals surface area contributed by atoms with Crippen molar-refractivity contribution in [3.8, 4) is 0 Å². The zero-order valence-electron chi connectivity index (χ0n) is 93.5. The number of benzene rings is 4. The van der Waals surface area contributed by atoms with Gasteiger partial charge in [0.1, 0.15) is 0 Å². The van der Waals surface area contributed by atoms with Crippen LogP contribution in [0, 0.1) is 24.7 Å². The summed E-state index contributed by atoms with van der Waals surface area (Å²) in [5.74, 6) is -2.10. The summed E-state index contributed by atoms with van der Waals surface area (Å²) in [6.45, 7) is 23.1. The third-order valence-corrected chi connectivity index (χ3v) is 61.2. The van der Waals surface area contributed by atoms with Crippen molar-refractivity contribution in [2.24, 2.45) is 10.8 Å². The van der Waals surface area contributed by atoms with Gasteiger partial charge in [0.25, 0.3) is 0 Å². The van der Waals surface area contributed by atoms with E-state index in [4.69, 9.17) is 57.7 Å². The Balaban J connectivity index is 0.000000150. The number of aryl methyl sites for hydroxylation is 2. The van der Waals surface area contributed by atoms with Crippen molar-refractivity contribution in [3.05, 3.63) is 190 Å². The van der Waals surface area contributed by atoms with E-state index in [1.165, 1.54) is 130 Å². The summed E-state index contributed by atoms with van der Waals surface area (Å²) in [5, 5.41) is 0. The van der Waals surface area contributed by atoms with Gasteiger partial charge in [-0.15, -0.1) is 13.2 Å². The van der Waals surface area contributed by atoms with Crippen LogP contribution >= 0.6 is 70.5 Å². The molecule has 0 aliphatic heterocycles. The third kappa shape index (κ3) is 36.7. The minimum atomic E-state index is -1.92. The van der Waals surface area contributed by atoms with Crippen molar-refractivity contribution < 1.29 is 65.2 Å². The molecule has 0 unspecified atom stereocenters. The predicted molar refractivity (Wildman–Crippen MR) is 645 cm³/mol. The van der Waals surface area contributed by atoms with Gasteiger partial charge in [-0.25, -0.2) is 0 Å². The molecule has 12 saturated carbocycles. The second kappa shape index (κ2) is 67.7. The molecule has 0 amide bonds. The zero-order chi connectivity index (χ0) is 105. The van der Waals surface area contributed by atoms with E-state index < -0.39 is 61.7 Å². The molecule has 0 N–H and O–H groups in total. The number of ether oxygens (including phenoxy) is 4. The molecule has 0 bridgehead atoms. The molecular weight excluding hydrogens is 2160 g/mol. The molecule has 0 saturated heterocycles. The van der Waals surface area contributed by atoms with Crippen LogP contribution in [0.4, 0.5) is 0 Å². The molecule has 0 radical (unpaired) electrons. The second-order valence-corrected chi connectivity index (χ2v) is 72.4. The fraction of sp³-hybridized carbons (Fsp3) is 0.692. The van der Waals surface area contributed by atoms with Gasteiger partial charge in [0.15, 0.2) is 10.8 Å². The summed E-state index contributed by atoms with van der Waals surface area (Å²) in [6, 6.07) is 33.5. The first-order valence-electron chi connectivity index (χ1n) is 60.7. The fourth-order valence-electron chi connectivity index (χ4n) is 29.8. The molecule has 19 rings (SSSR count). The number of hydrogen-bond acceptors (Lipinski definition) is 8. The average molecular weight is 2360 g/mol. The van der Waals surface area contributed by atoms with E-state index in [0.29, 0.717) is 12.8 Å². The summed E-state index contributed by atoms with van der Waals surface area (Å²) in [4.78, 5) is 47.9. The number of fused-ring (bicyclic) bond motifs is 2. The zero-order valence-corrected chi connectivity index (χ0v) is 104. The van der Waals surface area contributed by atoms with Crippen molar-refractivity contribution in [3.63, 3.8) is 0 Å². The van der Waals surface area contributed by atoms with Gasteiger partial charge in [0, 0.05) is 31.7 Å². The first-order valence-corrected chi connectivity index (χ1v) is 78.3. The van der Waals surface area contributed by atoms with E-state index in [1.807, 2.05) is 37.3 Å². The van der Waals surface area contributed by atoms with E-state index in [1.54, 1.807) is 420 Å². The molecule has 0 aromatic heterocycles. The van der Waals surface area contributed by atoms with Gasteiger partial charge in [-0.3, -0.25) is 19.2 Å². The summed E-state index contributed by atoms with van der Waals surface area (Å²) >= 11 is -3.80. The number of allylic oxidation sites excluding steroid dienone is 6. The van der Waals surface area contributed by atoms with Crippen LogP contribution in [0.25, 0.3) is 11.1 Å². The van der Waals surface area contributed by atoms with Crippen molar-refractivity contribution in [2.75, 3.05) is 26.4 Å². The van der Waals surface area contributed by atoms with Crippen molar-refractivity contribution in [2.45, 2.75) is 534 Å². The van der Waals surface area contributed by atoms with Crippen LogP contribution < -0.4 is 0 Å². The van der Waals surface area contributed by atoms with E-state index in [9.17, 15) is 19.2 Å². The van der Waals surface area contributed by atoms with Crippen molar-refractivity contribution >= 4 is 114 Å². The van der Waals surface area contributed by atoms with E-state index in [-0.39, 0.29) is 71.0 Å². The Hall–Kier alpha value is -2.67. The Morgan fingerprint density at radius 1 is 0.345 bits per heavy atom. The van der Waals surface area contributed by atoms with E-state index >= 15 is 0 Å². The summed E-state index contributed by atoms with van der Waals surface area (Å²) < 4.78 is 22.2. The molecule has 4 aromatic carbocycles. The topological polar surface area (TPSA) is 105 Å². The van der Waals surface area contributed by atoms with Gasteiger partial charge in [-0.05, 0) is 375 Å². The fourth-order valence-corrected chi connectivity index (χ4v) is 55.6. The number of rotatable bonds is 26. The number of esters is 4. The Labute approximate surface area is 932 Å². The van der Waals surface area contributed by atoms with Gasteiger partial charge >= 0.3 is 277 Å². The van der Waals surface area contributed by atoms with Crippen molar-refractivity contribution in [1.29, 1.82) is 0 Å². The van der Waals surface area contributed by atoms with Crippen LogP contribution in [0.1, 0.15) is 497 Å². The molecule has 148 heavy (non-hydrogen) atoms. The average Bonchev–Trinajstić information content (AvgIpc) is 1.63. The van der Waals surface area contributed by atoms with Crippen LogP contribution in [0.5, 0.6) is 0 Å². The monoisotopic (exact) mass is 2360 g/mol. The molecule has 12 fully saturated rings. The van der Waals surface area contributed by atoms with E-state index in [2.05, 4.69) is 112 Å². The summed E-state index contributed by atoms with van der Waals surface area (Å²) in [6.07, 6.45) is 104. The van der Waals surface area contributed by atoms with Crippen LogP contribution in [-0.2, 0) is 65.2 Å². The van der Waals surface area contributed by atoms with Gasteiger partial charge in [0.2, 0.25) is 0 Å². The van der Waals surface area contributed by atoms with Crippen LogP contribution in [0.15, 0.2) is 146 Å². The summed E-state index contributed by atoms with van der Waals surface area (Å²) in [7, 11) is 24.8. The number of carbonyl (C=O) groups is 4. The first-order chi connectivity index (χ1) is 72.2. The number of hydrogen-bond donors (Lipinski definition) is 0.